The van der Waals surface area contributed by atoms with Gasteiger partial charge < -0.3 is 27.0 Å². The first-order valence-electron chi connectivity index (χ1n) is 8.80. The van der Waals surface area contributed by atoms with E-state index in [0.717, 1.165) is 5.82 Å². The molecule has 28 heavy (non-hydrogen) atoms. The van der Waals surface area contributed by atoms with E-state index in [1.807, 2.05) is 32.8 Å². The van der Waals surface area contributed by atoms with E-state index >= 15 is 0 Å². The Morgan fingerprint density at radius 1 is 1.21 bits per heavy atom. The van der Waals surface area contributed by atoms with Gasteiger partial charge in [-0.15, -0.1) is 0 Å². The molecule has 10 heteroatoms. The molecule has 0 bridgehead atoms. The van der Waals surface area contributed by atoms with Gasteiger partial charge in [0.05, 0.1) is 6.20 Å². The Bertz CT molecular complexity index is 853. The van der Waals surface area contributed by atoms with E-state index in [4.69, 9.17) is 11.5 Å². The van der Waals surface area contributed by atoms with Crippen molar-refractivity contribution < 1.29 is 9.59 Å². The Labute approximate surface area is 163 Å². The maximum absolute atomic E-state index is 11.7. The molecule has 0 saturated carbocycles. The van der Waals surface area contributed by atoms with E-state index in [9.17, 15) is 9.59 Å². The number of carbonyl (C=O) groups is 2. The Morgan fingerprint density at radius 3 is 2.50 bits per heavy atom. The smallest absolute Gasteiger partial charge is 0.271 e. The molecule has 0 unspecified atom stereocenters. The van der Waals surface area contributed by atoms with Gasteiger partial charge in [-0.1, -0.05) is 13.8 Å². The lowest BCUT2D eigenvalue weighted by molar-refractivity contribution is -0.119. The number of rotatable bonds is 9. The number of pyridine rings is 1. The molecule has 0 aliphatic rings. The van der Waals surface area contributed by atoms with Crippen molar-refractivity contribution in [2.45, 2.75) is 26.3 Å². The minimum Gasteiger partial charge on any atom is -0.368 e. The van der Waals surface area contributed by atoms with Crippen LogP contribution in [0.25, 0.3) is 0 Å². The zero-order chi connectivity index (χ0) is 20.8. The first-order chi connectivity index (χ1) is 13.2. The molecule has 0 radical (unpaired) electrons. The SMILES string of the molecule is CC(C)C[C@@H](Nc1cnc(C(N)=O)c(Nc2ccnc(N(C)C)c2)n1)C(N)=O. The van der Waals surface area contributed by atoms with Gasteiger partial charge in [0.2, 0.25) is 5.91 Å². The lowest BCUT2D eigenvalue weighted by atomic mass is 10.0. The fourth-order valence-corrected chi connectivity index (χ4v) is 2.50. The molecule has 0 aromatic carbocycles. The Balaban J connectivity index is 2.34. The van der Waals surface area contributed by atoms with Crippen LogP contribution >= 0.6 is 0 Å². The van der Waals surface area contributed by atoms with Crippen LogP contribution in [0.1, 0.15) is 30.8 Å². The van der Waals surface area contributed by atoms with Gasteiger partial charge in [0.1, 0.15) is 17.7 Å². The highest BCUT2D eigenvalue weighted by atomic mass is 16.1. The average molecular weight is 386 g/mol. The largest absolute Gasteiger partial charge is 0.368 e. The number of carbonyl (C=O) groups excluding carboxylic acids is 2. The van der Waals surface area contributed by atoms with Gasteiger partial charge >= 0.3 is 0 Å². The first-order valence-corrected chi connectivity index (χ1v) is 8.80. The van der Waals surface area contributed by atoms with Crippen molar-refractivity contribution in [3.05, 3.63) is 30.2 Å². The number of nitrogens with zero attached hydrogens (tertiary/aromatic N) is 4. The second kappa shape index (κ2) is 8.98. The molecular formula is C18H26N8O2. The summed E-state index contributed by atoms with van der Waals surface area (Å²) in [5, 5.41) is 6.01. The van der Waals surface area contributed by atoms with Crippen molar-refractivity contribution in [1.82, 2.24) is 15.0 Å². The maximum atomic E-state index is 11.7. The molecular weight excluding hydrogens is 360 g/mol. The fourth-order valence-electron chi connectivity index (χ4n) is 2.50. The number of nitrogens with one attached hydrogen (secondary N) is 2. The first kappa shape index (κ1) is 20.9. The van der Waals surface area contributed by atoms with Crippen molar-refractivity contribution in [1.29, 1.82) is 0 Å². The topological polar surface area (TPSA) is 152 Å². The summed E-state index contributed by atoms with van der Waals surface area (Å²) in [5.41, 5.74) is 11.5. The quantitative estimate of drug-likeness (QED) is 0.500. The predicted molar refractivity (Wildman–Crippen MR) is 108 cm³/mol. The summed E-state index contributed by atoms with van der Waals surface area (Å²) in [7, 11) is 3.73. The zero-order valence-corrected chi connectivity index (χ0v) is 16.4. The summed E-state index contributed by atoms with van der Waals surface area (Å²) < 4.78 is 0. The van der Waals surface area contributed by atoms with Crippen molar-refractivity contribution in [3.8, 4) is 0 Å². The van der Waals surface area contributed by atoms with Crippen LogP contribution in [-0.2, 0) is 4.79 Å². The molecule has 0 aliphatic carbocycles. The van der Waals surface area contributed by atoms with Crippen molar-refractivity contribution in [3.63, 3.8) is 0 Å². The van der Waals surface area contributed by atoms with E-state index in [-0.39, 0.29) is 17.4 Å². The second-order valence-electron chi connectivity index (χ2n) is 6.97. The number of aromatic nitrogens is 3. The van der Waals surface area contributed by atoms with Gasteiger partial charge in [0, 0.05) is 32.0 Å². The van der Waals surface area contributed by atoms with Crippen molar-refractivity contribution in [2.75, 3.05) is 29.6 Å². The summed E-state index contributed by atoms with van der Waals surface area (Å²) in [4.78, 5) is 38.0. The second-order valence-corrected chi connectivity index (χ2v) is 6.97. The van der Waals surface area contributed by atoms with Crippen LogP contribution in [0.3, 0.4) is 0 Å². The zero-order valence-electron chi connectivity index (χ0n) is 16.4. The summed E-state index contributed by atoms with van der Waals surface area (Å²) in [6.45, 7) is 3.97. The molecule has 0 fully saturated rings. The van der Waals surface area contributed by atoms with Gasteiger partial charge in [0.25, 0.3) is 5.91 Å². The van der Waals surface area contributed by atoms with E-state index in [0.29, 0.717) is 17.9 Å². The number of nitrogens with two attached hydrogens (primary N) is 2. The van der Waals surface area contributed by atoms with Crippen LogP contribution in [0.5, 0.6) is 0 Å². The normalized spacial score (nSPS) is 11.8. The van der Waals surface area contributed by atoms with Crippen molar-refractivity contribution in [2.24, 2.45) is 17.4 Å². The van der Waals surface area contributed by atoms with Crippen LogP contribution in [0.4, 0.5) is 23.1 Å². The number of amides is 2. The molecule has 2 heterocycles. The molecule has 0 spiro atoms. The molecule has 0 aliphatic heterocycles. The molecule has 0 saturated heterocycles. The van der Waals surface area contributed by atoms with E-state index in [1.54, 1.807) is 18.3 Å². The lowest BCUT2D eigenvalue weighted by Crippen LogP contribution is -2.37. The van der Waals surface area contributed by atoms with Crippen molar-refractivity contribution >= 4 is 35.0 Å². The van der Waals surface area contributed by atoms with Crippen LogP contribution in [-0.4, -0.2) is 46.9 Å². The van der Waals surface area contributed by atoms with Crippen LogP contribution in [0.15, 0.2) is 24.5 Å². The third-order valence-corrected chi connectivity index (χ3v) is 3.84. The van der Waals surface area contributed by atoms with Gasteiger partial charge in [0.15, 0.2) is 11.5 Å². The maximum Gasteiger partial charge on any atom is 0.271 e. The van der Waals surface area contributed by atoms with E-state index in [2.05, 4.69) is 25.6 Å². The van der Waals surface area contributed by atoms with Gasteiger partial charge in [-0.2, -0.15) is 0 Å². The predicted octanol–water partition coefficient (Wildman–Crippen LogP) is 1.09. The number of anilines is 4. The highest BCUT2D eigenvalue weighted by molar-refractivity contribution is 5.96. The minimum absolute atomic E-state index is 0.0201. The van der Waals surface area contributed by atoms with E-state index < -0.39 is 17.9 Å². The fraction of sp³-hybridized carbons (Fsp3) is 0.389. The van der Waals surface area contributed by atoms with Gasteiger partial charge in [-0.05, 0) is 18.4 Å². The standard InChI is InChI=1S/C18H26N8O2/c1-10(2)7-12(16(19)27)24-13-9-22-15(17(20)28)18(25-13)23-11-5-6-21-14(8-11)26(3)4/h5-6,8-10,12H,7H2,1-4H3,(H2,19,27)(H2,20,28)(H2,21,23,24,25)/t12-/m1/s1. The Kier molecular flexibility index (Phi) is 6.69. The van der Waals surface area contributed by atoms with Gasteiger partial charge in [-0.3, -0.25) is 9.59 Å². The summed E-state index contributed by atoms with van der Waals surface area (Å²) in [6, 6.07) is 2.91. The molecule has 2 aromatic rings. The number of primary amides is 2. The molecule has 10 nitrogen and oxygen atoms in total. The third kappa shape index (κ3) is 5.53. The van der Waals surface area contributed by atoms with Crippen LogP contribution < -0.4 is 27.0 Å². The summed E-state index contributed by atoms with van der Waals surface area (Å²) in [6.07, 6.45) is 3.51. The van der Waals surface area contributed by atoms with Gasteiger partial charge in [-0.25, -0.2) is 15.0 Å². The van der Waals surface area contributed by atoms with Crippen LogP contribution in [0.2, 0.25) is 0 Å². The minimum atomic E-state index is -0.725. The van der Waals surface area contributed by atoms with E-state index in [1.165, 1.54) is 6.20 Å². The molecule has 2 rings (SSSR count). The lowest BCUT2D eigenvalue weighted by Gasteiger charge is -2.19. The third-order valence-electron chi connectivity index (χ3n) is 3.84. The Morgan fingerprint density at radius 2 is 1.93 bits per heavy atom. The average Bonchev–Trinajstić information content (AvgIpc) is 2.61. The van der Waals surface area contributed by atoms with Crippen LogP contribution in [0, 0.1) is 5.92 Å². The number of hydrogen-bond acceptors (Lipinski definition) is 8. The summed E-state index contributed by atoms with van der Waals surface area (Å²) >= 11 is 0. The number of hydrogen-bond donors (Lipinski definition) is 4. The highest BCUT2D eigenvalue weighted by Crippen LogP contribution is 2.22. The molecule has 6 N–H and O–H groups in total. The monoisotopic (exact) mass is 386 g/mol. The highest BCUT2D eigenvalue weighted by Gasteiger charge is 2.19. The molecule has 150 valence electrons. The summed E-state index contributed by atoms with van der Waals surface area (Å²) in [5.74, 6) is 0.228. The molecule has 2 aromatic heterocycles. The molecule has 1 atom stereocenters. The Hall–Kier alpha value is -3.43. The molecule has 2 amide bonds.